The SMILES string of the molecule is COCC(O)C(C)NCCO. The average molecular weight is 163 g/mol. The molecule has 0 heterocycles. The van der Waals surface area contributed by atoms with Crippen molar-refractivity contribution in [2.45, 2.75) is 19.1 Å². The molecule has 0 saturated carbocycles. The van der Waals surface area contributed by atoms with Gasteiger partial charge in [-0.05, 0) is 6.92 Å². The highest BCUT2D eigenvalue weighted by Gasteiger charge is 2.11. The highest BCUT2D eigenvalue weighted by Crippen LogP contribution is 1.91. The van der Waals surface area contributed by atoms with Crippen LogP contribution in [0.15, 0.2) is 0 Å². The van der Waals surface area contributed by atoms with Gasteiger partial charge in [-0.1, -0.05) is 0 Å². The van der Waals surface area contributed by atoms with Gasteiger partial charge in [-0.2, -0.15) is 0 Å². The molecule has 0 aromatic carbocycles. The lowest BCUT2D eigenvalue weighted by atomic mass is 10.2. The number of nitrogens with one attached hydrogen (secondary N) is 1. The smallest absolute Gasteiger partial charge is 0.0923 e. The van der Waals surface area contributed by atoms with Crippen LogP contribution in [0.3, 0.4) is 0 Å². The van der Waals surface area contributed by atoms with E-state index < -0.39 is 6.10 Å². The van der Waals surface area contributed by atoms with E-state index in [1.54, 1.807) is 7.11 Å². The topological polar surface area (TPSA) is 61.7 Å². The van der Waals surface area contributed by atoms with Gasteiger partial charge in [0.05, 0.1) is 19.3 Å². The van der Waals surface area contributed by atoms with Gasteiger partial charge in [0, 0.05) is 19.7 Å². The molecule has 0 aliphatic carbocycles. The Labute approximate surface area is 67.2 Å². The van der Waals surface area contributed by atoms with Gasteiger partial charge in [0.2, 0.25) is 0 Å². The summed E-state index contributed by atoms with van der Waals surface area (Å²) in [5.41, 5.74) is 0. The number of aliphatic hydroxyl groups excluding tert-OH is 2. The zero-order valence-corrected chi connectivity index (χ0v) is 7.08. The molecule has 0 fully saturated rings. The van der Waals surface area contributed by atoms with E-state index in [0.717, 1.165) is 0 Å². The third-order valence-corrected chi connectivity index (χ3v) is 1.49. The number of hydrogen-bond donors (Lipinski definition) is 3. The first-order valence-corrected chi connectivity index (χ1v) is 3.73. The maximum absolute atomic E-state index is 9.28. The van der Waals surface area contributed by atoms with E-state index in [-0.39, 0.29) is 12.6 Å². The standard InChI is InChI=1S/C7H17NO3/c1-6(8-3-4-9)7(10)5-11-2/h6-10H,3-5H2,1-2H3. The third-order valence-electron chi connectivity index (χ3n) is 1.49. The first kappa shape index (κ1) is 10.8. The van der Waals surface area contributed by atoms with Gasteiger partial charge in [0.15, 0.2) is 0 Å². The molecule has 0 bridgehead atoms. The molecule has 0 radical (unpaired) electrons. The van der Waals surface area contributed by atoms with E-state index in [4.69, 9.17) is 9.84 Å². The van der Waals surface area contributed by atoms with E-state index in [2.05, 4.69) is 5.32 Å². The van der Waals surface area contributed by atoms with Gasteiger partial charge >= 0.3 is 0 Å². The average Bonchev–Trinajstić information content (AvgIpc) is 2.00. The van der Waals surface area contributed by atoms with Crippen LogP contribution in [0.1, 0.15) is 6.92 Å². The summed E-state index contributed by atoms with van der Waals surface area (Å²) in [7, 11) is 1.54. The molecule has 0 amide bonds. The molecule has 2 atom stereocenters. The van der Waals surface area contributed by atoms with Crippen molar-refractivity contribution in [1.29, 1.82) is 0 Å². The Morgan fingerprint density at radius 1 is 1.55 bits per heavy atom. The lowest BCUT2D eigenvalue weighted by Crippen LogP contribution is -2.41. The van der Waals surface area contributed by atoms with E-state index in [9.17, 15) is 5.11 Å². The number of methoxy groups -OCH3 is 1. The van der Waals surface area contributed by atoms with Crippen molar-refractivity contribution in [3.63, 3.8) is 0 Å². The van der Waals surface area contributed by atoms with Crippen molar-refractivity contribution in [2.24, 2.45) is 0 Å². The second-order valence-electron chi connectivity index (χ2n) is 2.49. The molecule has 4 nitrogen and oxygen atoms in total. The summed E-state index contributed by atoms with van der Waals surface area (Å²) in [4.78, 5) is 0. The molecule has 0 saturated heterocycles. The Bertz CT molecular complexity index is 89.8. The van der Waals surface area contributed by atoms with Gasteiger partial charge in [0.1, 0.15) is 0 Å². The predicted molar refractivity (Wildman–Crippen MR) is 42.4 cm³/mol. The van der Waals surface area contributed by atoms with Gasteiger partial charge in [-0.25, -0.2) is 0 Å². The Morgan fingerprint density at radius 2 is 2.18 bits per heavy atom. The number of ether oxygens (including phenoxy) is 1. The Morgan fingerprint density at radius 3 is 2.64 bits per heavy atom. The fourth-order valence-corrected chi connectivity index (χ4v) is 0.743. The van der Waals surface area contributed by atoms with Crippen LogP contribution in [0.5, 0.6) is 0 Å². The number of rotatable bonds is 6. The molecule has 0 aromatic heterocycles. The summed E-state index contributed by atoms with van der Waals surface area (Å²) >= 11 is 0. The van der Waals surface area contributed by atoms with Crippen LogP contribution in [0.25, 0.3) is 0 Å². The molecule has 4 heteroatoms. The summed E-state index contributed by atoms with van der Waals surface area (Å²) in [5.74, 6) is 0. The quantitative estimate of drug-likeness (QED) is 0.468. The molecule has 0 spiro atoms. The van der Waals surface area contributed by atoms with Gasteiger partial charge < -0.3 is 20.3 Å². The van der Waals surface area contributed by atoms with Gasteiger partial charge in [0.25, 0.3) is 0 Å². The van der Waals surface area contributed by atoms with Crippen LogP contribution in [-0.2, 0) is 4.74 Å². The van der Waals surface area contributed by atoms with Crippen LogP contribution in [0.2, 0.25) is 0 Å². The summed E-state index contributed by atoms with van der Waals surface area (Å²) < 4.78 is 4.75. The first-order chi connectivity index (χ1) is 5.22. The zero-order valence-electron chi connectivity index (χ0n) is 7.08. The molecule has 68 valence electrons. The van der Waals surface area contributed by atoms with Crippen molar-refractivity contribution in [1.82, 2.24) is 5.32 Å². The fourth-order valence-electron chi connectivity index (χ4n) is 0.743. The van der Waals surface area contributed by atoms with Crippen LogP contribution < -0.4 is 5.32 Å². The Balaban J connectivity index is 3.38. The van der Waals surface area contributed by atoms with Crippen molar-refractivity contribution in [3.05, 3.63) is 0 Å². The lowest BCUT2D eigenvalue weighted by molar-refractivity contribution is 0.0422. The maximum atomic E-state index is 9.28. The highest BCUT2D eigenvalue weighted by atomic mass is 16.5. The highest BCUT2D eigenvalue weighted by molar-refractivity contribution is 4.69. The Kier molecular flexibility index (Phi) is 6.45. The summed E-state index contributed by atoms with van der Waals surface area (Å²) in [6, 6.07) is -0.0397. The van der Waals surface area contributed by atoms with Crippen molar-refractivity contribution in [2.75, 3.05) is 26.9 Å². The minimum Gasteiger partial charge on any atom is -0.395 e. The maximum Gasteiger partial charge on any atom is 0.0923 e. The summed E-state index contributed by atoms with van der Waals surface area (Å²) in [6.45, 7) is 2.75. The van der Waals surface area contributed by atoms with Crippen LogP contribution in [0.4, 0.5) is 0 Å². The second kappa shape index (κ2) is 6.54. The number of aliphatic hydroxyl groups is 2. The number of hydrogen-bond acceptors (Lipinski definition) is 4. The second-order valence-corrected chi connectivity index (χ2v) is 2.49. The molecule has 0 aromatic rings. The van der Waals surface area contributed by atoms with Crippen molar-refractivity contribution < 1.29 is 14.9 Å². The van der Waals surface area contributed by atoms with Crippen LogP contribution >= 0.6 is 0 Å². The van der Waals surface area contributed by atoms with E-state index >= 15 is 0 Å². The molecule has 0 aliphatic heterocycles. The third kappa shape index (κ3) is 5.15. The van der Waals surface area contributed by atoms with Crippen LogP contribution in [-0.4, -0.2) is 49.2 Å². The molecule has 0 aliphatic rings. The molecule has 2 unspecified atom stereocenters. The summed E-state index contributed by atoms with van der Waals surface area (Å²) in [5, 5.41) is 20.7. The zero-order chi connectivity index (χ0) is 8.69. The van der Waals surface area contributed by atoms with E-state index in [1.165, 1.54) is 0 Å². The first-order valence-electron chi connectivity index (χ1n) is 3.73. The monoisotopic (exact) mass is 163 g/mol. The fraction of sp³-hybridized carbons (Fsp3) is 1.00. The van der Waals surface area contributed by atoms with E-state index in [0.29, 0.717) is 13.2 Å². The Hall–Kier alpha value is -0.160. The molecule has 11 heavy (non-hydrogen) atoms. The van der Waals surface area contributed by atoms with E-state index in [1.807, 2.05) is 6.92 Å². The molecule has 0 rings (SSSR count). The van der Waals surface area contributed by atoms with Gasteiger partial charge in [-0.3, -0.25) is 0 Å². The largest absolute Gasteiger partial charge is 0.395 e. The minimum atomic E-state index is -0.508. The lowest BCUT2D eigenvalue weighted by Gasteiger charge is -2.18. The summed E-state index contributed by atoms with van der Waals surface area (Å²) in [6.07, 6.45) is -0.508. The minimum absolute atomic E-state index is 0.0397. The van der Waals surface area contributed by atoms with Crippen LogP contribution in [0, 0.1) is 0 Å². The van der Waals surface area contributed by atoms with Crippen molar-refractivity contribution >= 4 is 0 Å². The van der Waals surface area contributed by atoms with Gasteiger partial charge in [-0.15, -0.1) is 0 Å². The normalized spacial score (nSPS) is 16.4. The molecule has 3 N–H and O–H groups in total. The van der Waals surface area contributed by atoms with Crippen molar-refractivity contribution in [3.8, 4) is 0 Å². The predicted octanol–water partition coefficient (Wildman–Crippen LogP) is -1.04. The molecular weight excluding hydrogens is 146 g/mol. The molecular formula is C7H17NO3.